The minimum atomic E-state index is -4.35. The highest BCUT2D eigenvalue weighted by Crippen LogP contribution is 2.19. The largest absolute Gasteiger partial charge is 0.496 e. The average molecular weight is 395 g/mol. The van der Waals surface area contributed by atoms with Crippen LogP contribution >= 0.6 is 0 Å². The fraction of sp³-hybridized carbons (Fsp3) is 0.350. The number of methoxy groups -OCH3 is 1. The van der Waals surface area contributed by atoms with E-state index in [1.807, 2.05) is 24.3 Å². The molecule has 0 saturated heterocycles. The van der Waals surface area contributed by atoms with E-state index in [-0.39, 0.29) is 5.75 Å². The maximum Gasteiger partial charge on any atom is 0.422 e. The van der Waals surface area contributed by atoms with E-state index in [1.165, 1.54) is 12.1 Å². The molecule has 28 heavy (non-hydrogen) atoms. The van der Waals surface area contributed by atoms with Gasteiger partial charge in [0.15, 0.2) is 12.6 Å². The second kappa shape index (κ2) is 10.4. The molecule has 0 spiro atoms. The number of hydrogen-bond donors (Lipinski definition) is 2. The van der Waals surface area contributed by atoms with Crippen molar-refractivity contribution in [2.45, 2.75) is 19.1 Å². The molecule has 0 radical (unpaired) electrons. The first-order valence-electron chi connectivity index (χ1n) is 8.76. The van der Waals surface area contributed by atoms with Crippen LogP contribution < -0.4 is 20.1 Å². The van der Waals surface area contributed by atoms with Crippen LogP contribution in [0, 0.1) is 0 Å². The summed E-state index contributed by atoms with van der Waals surface area (Å²) in [6.45, 7) is -0.147. The number of benzene rings is 2. The number of nitrogens with zero attached hydrogens (tertiary/aromatic N) is 1. The van der Waals surface area contributed by atoms with E-state index in [9.17, 15) is 13.2 Å². The third-order valence-electron chi connectivity index (χ3n) is 3.89. The topological polar surface area (TPSA) is 54.9 Å². The summed E-state index contributed by atoms with van der Waals surface area (Å²) in [6, 6.07) is 14.3. The fourth-order valence-electron chi connectivity index (χ4n) is 2.50. The number of halogens is 3. The normalized spacial score (nSPS) is 11.8. The third kappa shape index (κ3) is 7.38. The van der Waals surface area contributed by atoms with Crippen molar-refractivity contribution in [1.29, 1.82) is 0 Å². The molecule has 0 atom stereocenters. The predicted octanol–water partition coefficient (Wildman–Crippen LogP) is 3.54. The highest BCUT2D eigenvalue weighted by Gasteiger charge is 2.28. The SMILES string of the molecule is CN=C(NCCc1ccccc1OC)NCc1ccc(OCC(F)(F)F)cc1. The molecule has 5 nitrogen and oxygen atoms in total. The summed E-state index contributed by atoms with van der Waals surface area (Å²) >= 11 is 0. The molecule has 0 bridgehead atoms. The zero-order chi connectivity index (χ0) is 20.4. The monoisotopic (exact) mass is 395 g/mol. The predicted molar refractivity (Wildman–Crippen MR) is 103 cm³/mol. The number of nitrogens with one attached hydrogen (secondary N) is 2. The molecule has 0 aliphatic heterocycles. The fourth-order valence-corrected chi connectivity index (χ4v) is 2.50. The van der Waals surface area contributed by atoms with Gasteiger partial charge in [0.2, 0.25) is 0 Å². The van der Waals surface area contributed by atoms with E-state index in [2.05, 4.69) is 15.6 Å². The molecule has 0 unspecified atom stereocenters. The summed E-state index contributed by atoms with van der Waals surface area (Å²) in [5.74, 6) is 1.66. The van der Waals surface area contributed by atoms with Gasteiger partial charge in [-0.15, -0.1) is 0 Å². The summed E-state index contributed by atoms with van der Waals surface area (Å²) in [7, 11) is 3.32. The Hall–Kier alpha value is -2.90. The highest BCUT2D eigenvalue weighted by molar-refractivity contribution is 5.79. The number of guanidine groups is 1. The van der Waals surface area contributed by atoms with Gasteiger partial charge in [0.05, 0.1) is 7.11 Å². The second-order valence-corrected chi connectivity index (χ2v) is 5.96. The first-order chi connectivity index (χ1) is 13.4. The van der Waals surface area contributed by atoms with Gasteiger partial charge in [0.1, 0.15) is 11.5 Å². The van der Waals surface area contributed by atoms with Crippen molar-refractivity contribution in [2.24, 2.45) is 4.99 Å². The van der Waals surface area contributed by atoms with Crippen molar-refractivity contribution in [1.82, 2.24) is 10.6 Å². The summed E-state index contributed by atoms with van der Waals surface area (Å²) in [6.07, 6.45) is -3.57. The van der Waals surface area contributed by atoms with Gasteiger partial charge in [0.25, 0.3) is 0 Å². The van der Waals surface area contributed by atoms with Crippen molar-refractivity contribution in [3.05, 3.63) is 59.7 Å². The van der Waals surface area contributed by atoms with Gasteiger partial charge >= 0.3 is 6.18 Å². The van der Waals surface area contributed by atoms with Gasteiger partial charge in [-0.05, 0) is 35.7 Å². The van der Waals surface area contributed by atoms with Crippen molar-refractivity contribution in [3.63, 3.8) is 0 Å². The van der Waals surface area contributed by atoms with E-state index < -0.39 is 12.8 Å². The van der Waals surface area contributed by atoms with Crippen LogP contribution in [0.1, 0.15) is 11.1 Å². The molecule has 2 N–H and O–H groups in total. The molecule has 2 aromatic carbocycles. The molecule has 0 aromatic heterocycles. The number of hydrogen-bond acceptors (Lipinski definition) is 3. The molecule has 0 aliphatic rings. The minimum Gasteiger partial charge on any atom is -0.496 e. The van der Waals surface area contributed by atoms with E-state index in [1.54, 1.807) is 26.3 Å². The van der Waals surface area contributed by atoms with Gasteiger partial charge in [0, 0.05) is 20.1 Å². The lowest BCUT2D eigenvalue weighted by Gasteiger charge is -2.13. The van der Waals surface area contributed by atoms with Crippen molar-refractivity contribution in [3.8, 4) is 11.5 Å². The first kappa shape index (κ1) is 21.4. The Morgan fingerprint density at radius 3 is 2.39 bits per heavy atom. The zero-order valence-corrected chi connectivity index (χ0v) is 15.8. The van der Waals surface area contributed by atoms with Gasteiger partial charge < -0.3 is 20.1 Å². The molecule has 0 fully saturated rings. The summed E-state index contributed by atoms with van der Waals surface area (Å²) in [5, 5.41) is 6.38. The van der Waals surface area contributed by atoms with E-state index in [0.29, 0.717) is 19.0 Å². The summed E-state index contributed by atoms with van der Waals surface area (Å²) < 4.78 is 46.5. The van der Waals surface area contributed by atoms with Crippen LogP contribution in [-0.4, -0.2) is 39.4 Å². The Bertz CT molecular complexity index is 762. The lowest BCUT2D eigenvalue weighted by Crippen LogP contribution is -2.37. The molecule has 152 valence electrons. The van der Waals surface area contributed by atoms with Crippen LogP contribution in [0.2, 0.25) is 0 Å². The van der Waals surface area contributed by atoms with Crippen molar-refractivity contribution >= 4 is 5.96 Å². The Morgan fingerprint density at radius 2 is 1.75 bits per heavy atom. The van der Waals surface area contributed by atoms with Crippen LogP contribution in [-0.2, 0) is 13.0 Å². The zero-order valence-electron chi connectivity index (χ0n) is 15.8. The maximum atomic E-state index is 12.2. The standard InChI is InChI=1S/C20H24F3N3O2/c1-24-19(25-12-11-16-5-3-4-6-18(16)27-2)26-13-15-7-9-17(10-8-15)28-14-20(21,22)23/h3-10H,11-14H2,1-2H3,(H2,24,25,26). The van der Waals surface area contributed by atoms with Gasteiger partial charge in [-0.3, -0.25) is 4.99 Å². The molecule has 0 aliphatic carbocycles. The smallest absolute Gasteiger partial charge is 0.422 e. The van der Waals surface area contributed by atoms with Crippen molar-refractivity contribution in [2.75, 3.05) is 27.3 Å². The van der Waals surface area contributed by atoms with Crippen LogP contribution in [0.25, 0.3) is 0 Å². The molecule has 0 amide bonds. The molecule has 0 saturated carbocycles. The van der Waals surface area contributed by atoms with Gasteiger partial charge in [-0.1, -0.05) is 30.3 Å². The molecule has 2 rings (SSSR count). The highest BCUT2D eigenvalue weighted by atomic mass is 19.4. The van der Waals surface area contributed by atoms with Crippen molar-refractivity contribution < 1.29 is 22.6 Å². The molecule has 2 aromatic rings. The quantitative estimate of drug-likeness (QED) is 0.530. The van der Waals surface area contributed by atoms with E-state index in [4.69, 9.17) is 9.47 Å². The van der Waals surface area contributed by atoms with Crippen LogP contribution in [0.15, 0.2) is 53.5 Å². The number of ether oxygens (including phenoxy) is 2. The lowest BCUT2D eigenvalue weighted by atomic mass is 10.1. The van der Waals surface area contributed by atoms with Crippen LogP contribution in [0.3, 0.4) is 0 Å². The number of alkyl halides is 3. The minimum absolute atomic E-state index is 0.181. The van der Waals surface area contributed by atoms with Crippen LogP contribution in [0.4, 0.5) is 13.2 Å². The number of aliphatic imine (C=N–C) groups is 1. The van der Waals surface area contributed by atoms with Gasteiger partial charge in [-0.2, -0.15) is 13.2 Å². The Balaban J connectivity index is 1.77. The van der Waals surface area contributed by atoms with E-state index >= 15 is 0 Å². The van der Waals surface area contributed by atoms with Crippen LogP contribution in [0.5, 0.6) is 11.5 Å². The molecular formula is C20H24F3N3O2. The Labute approximate surface area is 162 Å². The van der Waals surface area contributed by atoms with E-state index in [0.717, 1.165) is 23.3 Å². The summed E-state index contributed by atoms with van der Waals surface area (Å²) in [4.78, 5) is 4.16. The average Bonchev–Trinajstić information content (AvgIpc) is 2.69. The number of rotatable bonds is 8. The maximum absolute atomic E-state index is 12.2. The lowest BCUT2D eigenvalue weighted by molar-refractivity contribution is -0.153. The first-order valence-corrected chi connectivity index (χ1v) is 8.76. The third-order valence-corrected chi connectivity index (χ3v) is 3.89. The summed E-state index contributed by atoms with van der Waals surface area (Å²) in [5.41, 5.74) is 1.99. The molecule has 0 heterocycles. The van der Waals surface area contributed by atoms with Gasteiger partial charge in [-0.25, -0.2) is 0 Å². The molecular weight excluding hydrogens is 371 g/mol. The Kier molecular flexibility index (Phi) is 7.98. The number of para-hydroxylation sites is 1. The molecule has 8 heteroatoms. The Morgan fingerprint density at radius 1 is 1.04 bits per heavy atom. The second-order valence-electron chi connectivity index (χ2n) is 5.96.